The molecule has 0 aromatic heterocycles. The topological polar surface area (TPSA) is 58.8 Å². The third-order valence-electron chi connectivity index (χ3n) is 4.50. The van der Waals surface area contributed by atoms with Gasteiger partial charge in [-0.3, -0.25) is 14.6 Å². The number of hydrogen-bond acceptors (Lipinski definition) is 5. The maximum absolute atomic E-state index is 11.9. The molecule has 1 heterocycles. The van der Waals surface area contributed by atoms with Crippen LogP contribution in [0.25, 0.3) is 0 Å². The van der Waals surface area contributed by atoms with Crippen molar-refractivity contribution in [3.8, 4) is 0 Å². The fourth-order valence-electron chi connectivity index (χ4n) is 3.11. The van der Waals surface area contributed by atoms with E-state index in [0.717, 1.165) is 32.2 Å². The molecule has 1 saturated heterocycles. The molecule has 0 aromatic carbocycles. The van der Waals surface area contributed by atoms with Gasteiger partial charge in [0.1, 0.15) is 5.54 Å². The Hall–Kier alpha value is -0.650. The quantitative estimate of drug-likeness (QED) is 0.732. The fourth-order valence-corrected chi connectivity index (χ4v) is 3.11. The van der Waals surface area contributed by atoms with Crippen molar-refractivity contribution in [2.24, 2.45) is 5.73 Å². The molecule has 2 atom stereocenters. The molecule has 1 aliphatic carbocycles. The van der Waals surface area contributed by atoms with Crippen LogP contribution in [0.2, 0.25) is 0 Å². The van der Waals surface area contributed by atoms with Gasteiger partial charge in [0.05, 0.1) is 6.61 Å². The van der Waals surface area contributed by atoms with E-state index >= 15 is 0 Å². The van der Waals surface area contributed by atoms with Crippen LogP contribution in [0.5, 0.6) is 0 Å². The minimum Gasteiger partial charge on any atom is -0.465 e. The summed E-state index contributed by atoms with van der Waals surface area (Å²) in [6.45, 7) is 10.6. The van der Waals surface area contributed by atoms with Crippen LogP contribution in [0.4, 0.5) is 0 Å². The summed E-state index contributed by atoms with van der Waals surface area (Å²) in [5, 5.41) is 0. The summed E-state index contributed by atoms with van der Waals surface area (Å²) in [5.41, 5.74) is 5.24. The molecule has 116 valence electrons. The van der Waals surface area contributed by atoms with E-state index in [1.54, 1.807) is 6.92 Å². The van der Waals surface area contributed by atoms with Crippen LogP contribution in [0.3, 0.4) is 0 Å². The van der Waals surface area contributed by atoms with Crippen LogP contribution < -0.4 is 5.73 Å². The number of ether oxygens (including phenoxy) is 1. The maximum Gasteiger partial charge on any atom is 0.325 e. The predicted molar refractivity (Wildman–Crippen MR) is 79.5 cm³/mol. The highest BCUT2D eigenvalue weighted by atomic mass is 16.5. The summed E-state index contributed by atoms with van der Waals surface area (Å²) in [6.07, 6.45) is 3.40. The Bertz CT molecular complexity index is 334. The summed E-state index contributed by atoms with van der Waals surface area (Å²) < 4.78 is 5.06. The SMILES string of the molecule is CCOC(=O)C(C)(N)CC(C)N1CCN(C2CC2)CC1. The Morgan fingerprint density at radius 1 is 1.35 bits per heavy atom. The zero-order valence-corrected chi connectivity index (χ0v) is 13.1. The Kier molecular flexibility index (Phi) is 5.04. The van der Waals surface area contributed by atoms with Gasteiger partial charge < -0.3 is 10.5 Å². The first kappa shape index (κ1) is 15.7. The molecule has 5 heteroatoms. The number of carbonyl (C=O) groups excluding carboxylic acids is 1. The number of hydrogen-bond donors (Lipinski definition) is 1. The van der Waals surface area contributed by atoms with Crippen LogP contribution in [0, 0.1) is 0 Å². The highest BCUT2D eigenvalue weighted by Gasteiger charge is 2.36. The van der Waals surface area contributed by atoms with E-state index in [1.807, 2.05) is 6.92 Å². The van der Waals surface area contributed by atoms with Gasteiger partial charge in [-0.25, -0.2) is 0 Å². The molecule has 20 heavy (non-hydrogen) atoms. The van der Waals surface area contributed by atoms with E-state index in [-0.39, 0.29) is 5.97 Å². The summed E-state index contributed by atoms with van der Waals surface area (Å²) in [7, 11) is 0. The van der Waals surface area contributed by atoms with E-state index in [0.29, 0.717) is 19.1 Å². The highest BCUT2D eigenvalue weighted by Crippen LogP contribution is 2.28. The van der Waals surface area contributed by atoms with Gasteiger partial charge >= 0.3 is 5.97 Å². The molecule has 0 bridgehead atoms. The van der Waals surface area contributed by atoms with Crippen LogP contribution in [-0.4, -0.2) is 66.2 Å². The lowest BCUT2D eigenvalue weighted by atomic mass is 9.94. The summed E-state index contributed by atoms with van der Waals surface area (Å²) in [5.74, 6) is -0.288. The van der Waals surface area contributed by atoms with E-state index in [1.165, 1.54) is 12.8 Å². The van der Waals surface area contributed by atoms with E-state index in [2.05, 4.69) is 16.7 Å². The number of rotatable bonds is 6. The molecule has 0 amide bonds. The predicted octanol–water partition coefficient (Wildman–Crippen LogP) is 0.826. The number of piperazine rings is 1. The zero-order valence-electron chi connectivity index (χ0n) is 13.1. The minimum atomic E-state index is -0.886. The van der Waals surface area contributed by atoms with Crippen molar-refractivity contribution in [2.75, 3.05) is 32.8 Å². The number of nitrogens with two attached hydrogens (primary N) is 1. The van der Waals surface area contributed by atoms with Crippen LogP contribution >= 0.6 is 0 Å². The number of carbonyl (C=O) groups is 1. The molecule has 0 aromatic rings. The van der Waals surface area contributed by atoms with Crippen LogP contribution in [0.1, 0.15) is 40.0 Å². The lowest BCUT2D eigenvalue weighted by Gasteiger charge is -2.40. The standard InChI is InChI=1S/C15H29N3O2/c1-4-20-14(19)15(3,16)11-12(2)17-7-9-18(10-8-17)13-5-6-13/h12-13H,4-11,16H2,1-3H3. The third kappa shape index (κ3) is 3.93. The summed E-state index contributed by atoms with van der Waals surface area (Å²) >= 11 is 0. The number of esters is 1. The van der Waals surface area contributed by atoms with Gasteiger partial charge in [0.15, 0.2) is 0 Å². The van der Waals surface area contributed by atoms with Crippen molar-refractivity contribution < 1.29 is 9.53 Å². The third-order valence-corrected chi connectivity index (χ3v) is 4.50. The molecule has 2 fully saturated rings. The molecule has 1 aliphatic heterocycles. The maximum atomic E-state index is 11.9. The Morgan fingerprint density at radius 3 is 2.45 bits per heavy atom. The fraction of sp³-hybridized carbons (Fsp3) is 0.933. The van der Waals surface area contributed by atoms with E-state index in [4.69, 9.17) is 10.5 Å². The highest BCUT2D eigenvalue weighted by molar-refractivity contribution is 5.80. The van der Waals surface area contributed by atoms with Crippen molar-refractivity contribution in [3.63, 3.8) is 0 Å². The molecule has 2 unspecified atom stereocenters. The molecule has 1 saturated carbocycles. The Balaban J connectivity index is 1.79. The first-order valence-electron chi connectivity index (χ1n) is 7.88. The lowest BCUT2D eigenvalue weighted by molar-refractivity contribution is -0.149. The zero-order chi connectivity index (χ0) is 14.8. The molecule has 0 radical (unpaired) electrons. The Morgan fingerprint density at radius 2 is 1.95 bits per heavy atom. The molecule has 2 aliphatic rings. The average Bonchev–Trinajstić information content (AvgIpc) is 3.23. The second kappa shape index (κ2) is 6.41. The van der Waals surface area contributed by atoms with Gasteiger partial charge in [-0.05, 0) is 40.0 Å². The first-order chi connectivity index (χ1) is 9.44. The molecule has 5 nitrogen and oxygen atoms in total. The van der Waals surface area contributed by atoms with Gasteiger partial charge in [0, 0.05) is 38.3 Å². The molecular formula is C15H29N3O2. The second-order valence-corrected chi connectivity index (χ2v) is 6.49. The van der Waals surface area contributed by atoms with Crippen molar-refractivity contribution in [3.05, 3.63) is 0 Å². The second-order valence-electron chi connectivity index (χ2n) is 6.49. The van der Waals surface area contributed by atoms with Crippen molar-refractivity contribution in [2.45, 2.75) is 57.7 Å². The van der Waals surface area contributed by atoms with Crippen LogP contribution in [-0.2, 0) is 9.53 Å². The average molecular weight is 283 g/mol. The summed E-state index contributed by atoms with van der Waals surface area (Å²) in [4.78, 5) is 16.9. The number of nitrogens with zero attached hydrogens (tertiary/aromatic N) is 2. The molecule has 0 spiro atoms. The molecule has 2 rings (SSSR count). The van der Waals surface area contributed by atoms with Crippen LogP contribution in [0.15, 0.2) is 0 Å². The largest absolute Gasteiger partial charge is 0.465 e. The van der Waals surface area contributed by atoms with E-state index in [9.17, 15) is 4.79 Å². The van der Waals surface area contributed by atoms with Gasteiger partial charge in [-0.15, -0.1) is 0 Å². The van der Waals surface area contributed by atoms with Crippen molar-refractivity contribution >= 4 is 5.97 Å². The van der Waals surface area contributed by atoms with Gasteiger partial charge in [-0.1, -0.05) is 0 Å². The van der Waals surface area contributed by atoms with Gasteiger partial charge in [0.2, 0.25) is 0 Å². The van der Waals surface area contributed by atoms with Gasteiger partial charge in [-0.2, -0.15) is 0 Å². The molecular weight excluding hydrogens is 254 g/mol. The minimum absolute atomic E-state index is 0.288. The first-order valence-corrected chi connectivity index (χ1v) is 7.88. The summed E-state index contributed by atoms with van der Waals surface area (Å²) in [6, 6.07) is 1.17. The van der Waals surface area contributed by atoms with Gasteiger partial charge in [0.25, 0.3) is 0 Å². The smallest absolute Gasteiger partial charge is 0.325 e. The monoisotopic (exact) mass is 283 g/mol. The molecule has 2 N–H and O–H groups in total. The normalized spacial score (nSPS) is 26.0. The lowest BCUT2D eigenvalue weighted by Crippen LogP contribution is -2.55. The van der Waals surface area contributed by atoms with Crippen molar-refractivity contribution in [1.82, 2.24) is 9.80 Å². The van der Waals surface area contributed by atoms with Crippen molar-refractivity contribution in [1.29, 1.82) is 0 Å². The Labute approximate surface area is 122 Å². The van der Waals surface area contributed by atoms with E-state index < -0.39 is 5.54 Å².